The lowest BCUT2D eigenvalue weighted by molar-refractivity contribution is 0.145. The maximum absolute atomic E-state index is 12.0. The molecule has 0 bridgehead atoms. The average molecular weight is 176 g/mol. The summed E-state index contributed by atoms with van der Waals surface area (Å²) in [6.45, 7) is 0. The Morgan fingerprint density at radius 1 is 1.58 bits per heavy atom. The van der Waals surface area contributed by atoms with E-state index in [-0.39, 0.29) is 5.82 Å². The van der Waals surface area contributed by atoms with E-state index >= 15 is 0 Å². The maximum Gasteiger partial charge on any atom is 0.272 e. The first kappa shape index (κ1) is 8.51. The molecule has 0 spiro atoms. The van der Waals surface area contributed by atoms with Crippen LogP contribution < -0.4 is 11.3 Å². The molecule has 6 heteroatoms. The smallest absolute Gasteiger partial charge is 0.272 e. The first-order chi connectivity index (χ1) is 5.52. The molecule has 1 aromatic heterocycles. The summed E-state index contributed by atoms with van der Waals surface area (Å²) < 4.78 is 24.0. The average Bonchev–Trinajstić information content (AvgIpc) is 1.82. The number of anilines is 1. The topological polar surface area (TPSA) is 79.1 Å². The van der Waals surface area contributed by atoms with Gasteiger partial charge in [-0.3, -0.25) is 4.79 Å². The summed E-state index contributed by atoms with van der Waals surface area (Å²) >= 11 is 0. The maximum atomic E-state index is 12.0. The van der Waals surface area contributed by atoms with E-state index in [0.29, 0.717) is 0 Å². The van der Waals surface area contributed by atoms with Crippen LogP contribution in [-0.4, -0.2) is 10.1 Å². The number of aromatic hydroxyl groups is 1. The first-order valence-electron chi connectivity index (χ1n) is 3.02. The van der Waals surface area contributed by atoms with Gasteiger partial charge in [0.2, 0.25) is 0 Å². The van der Waals surface area contributed by atoms with Crippen molar-refractivity contribution in [3.05, 3.63) is 22.0 Å². The van der Waals surface area contributed by atoms with Crippen LogP contribution in [0.1, 0.15) is 12.0 Å². The Morgan fingerprint density at radius 2 is 2.17 bits per heavy atom. The van der Waals surface area contributed by atoms with Crippen molar-refractivity contribution in [2.24, 2.45) is 0 Å². The number of hydrogen-bond donors (Lipinski definition) is 3. The number of alkyl halides is 2. The van der Waals surface area contributed by atoms with Crippen LogP contribution in [0.3, 0.4) is 0 Å². The molecular formula is C6H6F2N2O2. The summed E-state index contributed by atoms with van der Waals surface area (Å²) in [5.41, 5.74) is 3.05. The molecule has 0 saturated carbocycles. The van der Waals surface area contributed by atoms with Crippen LogP contribution >= 0.6 is 0 Å². The van der Waals surface area contributed by atoms with E-state index in [4.69, 9.17) is 10.8 Å². The van der Waals surface area contributed by atoms with E-state index in [1.807, 2.05) is 4.98 Å². The highest BCUT2D eigenvalue weighted by Crippen LogP contribution is 2.24. The lowest BCUT2D eigenvalue weighted by atomic mass is 10.2. The zero-order valence-corrected chi connectivity index (χ0v) is 5.84. The Kier molecular flexibility index (Phi) is 1.99. The normalized spacial score (nSPS) is 10.6. The van der Waals surface area contributed by atoms with Crippen molar-refractivity contribution in [2.75, 3.05) is 5.73 Å². The zero-order valence-electron chi connectivity index (χ0n) is 5.84. The third-order valence-electron chi connectivity index (χ3n) is 1.29. The Balaban J connectivity index is 3.39. The van der Waals surface area contributed by atoms with Gasteiger partial charge in [-0.2, -0.15) is 0 Å². The molecule has 0 aliphatic carbocycles. The number of nitrogen functional groups attached to an aromatic ring is 1. The molecular weight excluding hydrogens is 170 g/mol. The molecule has 1 aromatic rings. The van der Waals surface area contributed by atoms with Crippen molar-refractivity contribution in [1.82, 2.24) is 4.98 Å². The molecule has 66 valence electrons. The van der Waals surface area contributed by atoms with Crippen LogP contribution in [0.4, 0.5) is 14.6 Å². The summed E-state index contributed by atoms with van der Waals surface area (Å²) in [5, 5.41) is 8.86. The van der Waals surface area contributed by atoms with Gasteiger partial charge in [0.15, 0.2) is 0 Å². The van der Waals surface area contributed by atoms with Crippen molar-refractivity contribution < 1.29 is 13.9 Å². The Hall–Kier alpha value is -1.59. The highest BCUT2D eigenvalue weighted by atomic mass is 19.3. The van der Waals surface area contributed by atoms with Gasteiger partial charge in [-0.25, -0.2) is 8.78 Å². The molecule has 1 rings (SSSR count). The van der Waals surface area contributed by atoms with Gasteiger partial charge in [-0.15, -0.1) is 0 Å². The molecule has 0 radical (unpaired) electrons. The number of hydrogen-bond acceptors (Lipinski definition) is 3. The molecule has 0 aliphatic heterocycles. The van der Waals surface area contributed by atoms with Crippen molar-refractivity contribution in [3.63, 3.8) is 0 Å². The van der Waals surface area contributed by atoms with Gasteiger partial charge in [0, 0.05) is 6.07 Å². The summed E-state index contributed by atoms with van der Waals surface area (Å²) in [5.74, 6) is -0.937. The van der Waals surface area contributed by atoms with Crippen molar-refractivity contribution in [2.45, 2.75) is 6.43 Å². The lowest BCUT2D eigenvalue weighted by Crippen LogP contribution is -2.14. The van der Waals surface area contributed by atoms with E-state index in [1.54, 1.807) is 0 Å². The van der Waals surface area contributed by atoms with Crippen LogP contribution in [0.25, 0.3) is 0 Å². The molecule has 12 heavy (non-hydrogen) atoms. The summed E-state index contributed by atoms with van der Waals surface area (Å²) in [7, 11) is 0. The molecule has 0 unspecified atom stereocenters. The molecule has 0 amide bonds. The van der Waals surface area contributed by atoms with E-state index in [1.165, 1.54) is 0 Å². The van der Waals surface area contributed by atoms with Gasteiger partial charge in [0.1, 0.15) is 17.1 Å². The Morgan fingerprint density at radius 3 is 2.58 bits per heavy atom. The molecule has 0 atom stereocenters. The van der Waals surface area contributed by atoms with Gasteiger partial charge in [-0.05, 0) is 0 Å². The predicted molar refractivity (Wildman–Crippen MR) is 38.1 cm³/mol. The molecule has 1 heterocycles. The standard InChI is InChI=1S/C6H6F2N2O2/c7-5(8)4-2(11)1-3(9)10-6(4)12/h1,5H,(H4,9,10,11,12). The van der Waals surface area contributed by atoms with E-state index in [0.717, 1.165) is 6.07 Å². The van der Waals surface area contributed by atoms with Crippen molar-refractivity contribution >= 4 is 5.82 Å². The zero-order chi connectivity index (χ0) is 9.30. The van der Waals surface area contributed by atoms with Gasteiger partial charge >= 0.3 is 0 Å². The summed E-state index contributed by atoms with van der Waals surface area (Å²) in [4.78, 5) is 12.7. The number of nitrogens with one attached hydrogen (secondary N) is 1. The third kappa shape index (κ3) is 1.36. The van der Waals surface area contributed by atoms with Gasteiger partial charge in [-0.1, -0.05) is 0 Å². The number of pyridine rings is 1. The second kappa shape index (κ2) is 2.80. The first-order valence-corrected chi connectivity index (χ1v) is 3.02. The van der Waals surface area contributed by atoms with Gasteiger partial charge < -0.3 is 15.8 Å². The number of aromatic nitrogens is 1. The molecule has 0 aromatic carbocycles. The largest absolute Gasteiger partial charge is 0.507 e. The minimum Gasteiger partial charge on any atom is -0.507 e. The quantitative estimate of drug-likeness (QED) is 0.586. The van der Waals surface area contributed by atoms with Crippen LogP contribution in [0.5, 0.6) is 5.75 Å². The number of halogens is 2. The minimum absolute atomic E-state index is 0.151. The number of rotatable bonds is 1. The summed E-state index contributed by atoms with van der Waals surface area (Å²) in [6.07, 6.45) is -3.01. The predicted octanol–water partition coefficient (Wildman–Crippen LogP) is 0.600. The second-order valence-corrected chi connectivity index (χ2v) is 2.15. The van der Waals surface area contributed by atoms with Crippen molar-refractivity contribution in [3.8, 4) is 5.75 Å². The van der Waals surface area contributed by atoms with E-state index < -0.39 is 23.3 Å². The highest BCUT2D eigenvalue weighted by Gasteiger charge is 2.17. The fourth-order valence-electron chi connectivity index (χ4n) is 0.787. The van der Waals surface area contributed by atoms with Crippen LogP contribution in [0, 0.1) is 0 Å². The van der Waals surface area contributed by atoms with Crippen LogP contribution in [-0.2, 0) is 0 Å². The van der Waals surface area contributed by atoms with Crippen LogP contribution in [0.15, 0.2) is 10.9 Å². The number of aromatic amines is 1. The lowest BCUT2D eigenvalue weighted by Gasteiger charge is -2.01. The van der Waals surface area contributed by atoms with Crippen molar-refractivity contribution in [1.29, 1.82) is 0 Å². The molecule has 0 fully saturated rings. The van der Waals surface area contributed by atoms with Gasteiger partial charge in [0.25, 0.3) is 12.0 Å². The fourth-order valence-corrected chi connectivity index (χ4v) is 0.787. The molecule has 4 nitrogen and oxygen atoms in total. The number of nitrogens with two attached hydrogens (primary N) is 1. The second-order valence-electron chi connectivity index (χ2n) is 2.15. The van der Waals surface area contributed by atoms with E-state index in [9.17, 15) is 13.6 Å². The van der Waals surface area contributed by atoms with Crippen LogP contribution in [0.2, 0.25) is 0 Å². The molecule has 0 aliphatic rings. The summed E-state index contributed by atoms with van der Waals surface area (Å²) in [6, 6.07) is 0.864. The Bertz CT molecular complexity index is 348. The minimum atomic E-state index is -3.01. The molecule has 0 saturated heterocycles. The number of H-pyrrole nitrogens is 1. The van der Waals surface area contributed by atoms with Gasteiger partial charge in [0.05, 0.1) is 0 Å². The third-order valence-corrected chi connectivity index (χ3v) is 1.29. The monoisotopic (exact) mass is 176 g/mol. The van der Waals surface area contributed by atoms with E-state index in [2.05, 4.69) is 0 Å². The fraction of sp³-hybridized carbons (Fsp3) is 0.167. The SMILES string of the molecule is Nc1cc(O)c(C(F)F)c(=O)[nH]1. The Labute approximate surface area is 65.6 Å². The highest BCUT2D eigenvalue weighted by molar-refractivity contribution is 5.41. The molecule has 4 N–H and O–H groups in total.